The quantitative estimate of drug-likeness (QED) is 0.674. The molecule has 0 saturated heterocycles. The molecule has 0 atom stereocenters. The first-order valence-corrected chi connectivity index (χ1v) is 5.79. The zero-order chi connectivity index (χ0) is 13.8. The van der Waals surface area contributed by atoms with Gasteiger partial charge in [-0.3, -0.25) is 10.1 Å². The predicted molar refractivity (Wildman–Crippen MR) is 71.6 cm³/mol. The van der Waals surface area contributed by atoms with Gasteiger partial charge in [0, 0.05) is 24.4 Å². The zero-order valence-electron chi connectivity index (χ0n) is 10.4. The average molecular weight is 260 g/mol. The van der Waals surface area contributed by atoms with Gasteiger partial charge < -0.3 is 5.32 Å². The van der Waals surface area contributed by atoms with E-state index in [0.717, 1.165) is 17.7 Å². The highest BCUT2D eigenvalue weighted by Crippen LogP contribution is 2.21. The maximum Gasteiger partial charge on any atom is 0.304 e. The Morgan fingerprint density at radius 2 is 1.89 bits per heavy atom. The van der Waals surface area contributed by atoms with E-state index in [4.69, 9.17) is 0 Å². The van der Waals surface area contributed by atoms with E-state index >= 15 is 0 Å². The van der Waals surface area contributed by atoms with E-state index in [1.54, 1.807) is 0 Å². The lowest BCUT2D eigenvalue weighted by Gasteiger charge is -2.07. The molecule has 0 aliphatic carbocycles. The molecular formula is C14H13FN2O2. The van der Waals surface area contributed by atoms with E-state index in [-0.39, 0.29) is 0 Å². The molecule has 0 spiro atoms. The van der Waals surface area contributed by atoms with E-state index in [2.05, 4.69) is 5.32 Å². The molecule has 0 fully saturated rings. The molecular weight excluding hydrogens is 247 g/mol. The summed E-state index contributed by atoms with van der Waals surface area (Å²) in [5.41, 5.74) is 2.24. The minimum atomic E-state index is -0.834. The van der Waals surface area contributed by atoms with E-state index in [9.17, 15) is 14.5 Å². The Balaban J connectivity index is 2.06. The number of benzene rings is 2. The van der Waals surface area contributed by atoms with Crippen LogP contribution in [-0.4, -0.2) is 4.92 Å². The van der Waals surface area contributed by atoms with Crippen molar-refractivity contribution in [2.75, 3.05) is 5.32 Å². The number of nitro benzene ring substituents is 1. The molecule has 0 radical (unpaired) electrons. The Hall–Kier alpha value is -2.43. The SMILES string of the molecule is Cc1ccc(CNc2ccc([N+](=O)[O-])c(F)c2)cc1. The van der Waals surface area contributed by atoms with Gasteiger partial charge in [-0.15, -0.1) is 0 Å². The van der Waals surface area contributed by atoms with Gasteiger partial charge in [-0.2, -0.15) is 4.39 Å². The van der Waals surface area contributed by atoms with Gasteiger partial charge in [-0.25, -0.2) is 0 Å². The van der Waals surface area contributed by atoms with Crippen LogP contribution in [0.2, 0.25) is 0 Å². The van der Waals surface area contributed by atoms with Gasteiger partial charge in [0.1, 0.15) is 0 Å². The van der Waals surface area contributed by atoms with Crippen LogP contribution in [0.4, 0.5) is 15.8 Å². The first-order valence-electron chi connectivity index (χ1n) is 5.79. The summed E-state index contributed by atoms with van der Waals surface area (Å²) in [6, 6.07) is 11.7. The van der Waals surface area contributed by atoms with Crippen molar-refractivity contribution in [1.29, 1.82) is 0 Å². The molecule has 0 amide bonds. The smallest absolute Gasteiger partial charge is 0.304 e. The molecule has 0 bridgehead atoms. The monoisotopic (exact) mass is 260 g/mol. The summed E-state index contributed by atoms with van der Waals surface area (Å²) in [7, 11) is 0. The number of halogens is 1. The van der Waals surface area contributed by atoms with Crippen molar-refractivity contribution in [3.63, 3.8) is 0 Å². The number of anilines is 1. The molecule has 19 heavy (non-hydrogen) atoms. The van der Waals surface area contributed by atoms with Gasteiger partial charge >= 0.3 is 5.69 Å². The van der Waals surface area contributed by atoms with E-state index in [1.165, 1.54) is 11.6 Å². The van der Waals surface area contributed by atoms with Crippen LogP contribution in [0, 0.1) is 22.9 Å². The number of hydrogen-bond donors (Lipinski definition) is 1. The minimum absolute atomic E-state index is 0.513. The summed E-state index contributed by atoms with van der Waals surface area (Å²) in [6.07, 6.45) is 0. The van der Waals surface area contributed by atoms with Gasteiger partial charge in [0.15, 0.2) is 0 Å². The van der Waals surface area contributed by atoms with Crippen LogP contribution in [0.3, 0.4) is 0 Å². The second kappa shape index (κ2) is 5.48. The van der Waals surface area contributed by atoms with Crippen molar-refractivity contribution in [2.24, 2.45) is 0 Å². The van der Waals surface area contributed by atoms with E-state index in [0.29, 0.717) is 12.2 Å². The summed E-state index contributed by atoms with van der Waals surface area (Å²) in [5.74, 6) is -0.834. The second-order valence-corrected chi connectivity index (χ2v) is 4.26. The predicted octanol–water partition coefficient (Wildman–Crippen LogP) is 3.65. The van der Waals surface area contributed by atoms with E-state index in [1.807, 2.05) is 31.2 Å². The molecule has 5 heteroatoms. The molecule has 0 aromatic heterocycles. The van der Waals surface area contributed by atoms with Crippen LogP contribution in [0.1, 0.15) is 11.1 Å². The number of aryl methyl sites for hydroxylation is 1. The van der Waals surface area contributed by atoms with Crippen LogP contribution >= 0.6 is 0 Å². The maximum absolute atomic E-state index is 13.4. The number of rotatable bonds is 4. The average Bonchev–Trinajstić information content (AvgIpc) is 2.37. The maximum atomic E-state index is 13.4. The van der Waals surface area contributed by atoms with Crippen molar-refractivity contribution in [2.45, 2.75) is 13.5 Å². The third kappa shape index (κ3) is 3.28. The fourth-order valence-electron chi connectivity index (χ4n) is 1.67. The Bertz CT molecular complexity index is 597. The molecule has 2 aromatic carbocycles. The van der Waals surface area contributed by atoms with Gasteiger partial charge in [0.2, 0.25) is 5.82 Å². The lowest BCUT2D eigenvalue weighted by molar-refractivity contribution is -0.387. The second-order valence-electron chi connectivity index (χ2n) is 4.26. The molecule has 0 aliphatic rings. The Kier molecular flexibility index (Phi) is 3.75. The minimum Gasteiger partial charge on any atom is -0.381 e. The molecule has 0 unspecified atom stereocenters. The van der Waals surface area contributed by atoms with Gasteiger partial charge in [0.25, 0.3) is 0 Å². The largest absolute Gasteiger partial charge is 0.381 e. The molecule has 98 valence electrons. The topological polar surface area (TPSA) is 55.2 Å². The van der Waals surface area contributed by atoms with Gasteiger partial charge in [0.05, 0.1) is 4.92 Å². The fraction of sp³-hybridized carbons (Fsp3) is 0.143. The summed E-state index contributed by atoms with van der Waals surface area (Å²) in [4.78, 5) is 9.75. The lowest BCUT2D eigenvalue weighted by atomic mass is 10.1. The summed E-state index contributed by atoms with van der Waals surface area (Å²) >= 11 is 0. The summed E-state index contributed by atoms with van der Waals surface area (Å²) in [5, 5.41) is 13.5. The van der Waals surface area contributed by atoms with Crippen LogP contribution in [0.25, 0.3) is 0 Å². The first-order chi connectivity index (χ1) is 9.06. The lowest BCUT2D eigenvalue weighted by Crippen LogP contribution is -2.00. The molecule has 0 saturated carbocycles. The van der Waals surface area contributed by atoms with Gasteiger partial charge in [-0.05, 0) is 18.6 Å². The Morgan fingerprint density at radius 3 is 2.47 bits per heavy atom. The number of nitrogens with zero attached hydrogens (tertiary/aromatic N) is 1. The molecule has 1 N–H and O–H groups in total. The third-order valence-corrected chi connectivity index (χ3v) is 2.76. The molecule has 0 aliphatic heterocycles. The van der Waals surface area contributed by atoms with Crippen molar-refractivity contribution in [1.82, 2.24) is 0 Å². The zero-order valence-corrected chi connectivity index (χ0v) is 10.4. The van der Waals surface area contributed by atoms with Gasteiger partial charge in [-0.1, -0.05) is 29.8 Å². The van der Waals surface area contributed by atoms with Crippen molar-refractivity contribution < 1.29 is 9.31 Å². The number of nitro groups is 1. The van der Waals surface area contributed by atoms with Crippen LogP contribution in [-0.2, 0) is 6.54 Å². The number of hydrogen-bond acceptors (Lipinski definition) is 3. The van der Waals surface area contributed by atoms with Crippen LogP contribution in [0.15, 0.2) is 42.5 Å². The Morgan fingerprint density at radius 1 is 1.21 bits per heavy atom. The highest BCUT2D eigenvalue weighted by molar-refractivity contribution is 5.49. The fourth-order valence-corrected chi connectivity index (χ4v) is 1.67. The van der Waals surface area contributed by atoms with E-state index < -0.39 is 16.4 Å². The molecule has 2 aromatic rings. The normalized spacial score (nSPS) is 10.2. The highest BCUT2D eigenvalue weighted by Gasteiger charge is 2.13. The van der Waals surface area contributed by atoms with Crippen molar-refractivity contribution >= 4 is 11.4 Å². The van der Waals surface area contributed by atoms with Crippen molar-refractivity contribution in [3.8, 4) is 0 Å². The summed E-state index contributed by atoms with van der Waals surface area (Å²) < 4.78 is 13.4. The molecule has 0 heterocycles. The highest BCUT2D eigenvalue weighted by atomic mass is 19.1. The van der Waals surface area contributed by atoms with Crippen LogP contribution < -0.4 is 5.32 Å². The van der Waals surface area contributed by atoms with Crippen molar-refractivity contribution in [3.05, 3.63) is 69.5 Å². The molecule has 2 rings (SSSR count). The summed E-state index contributed by atoms with van der Waals surface area (Å²) in [6.45, 7) is 2.54. The molecule has 4 nitrogen and oxygen atoms in total. The first kappa shape index (κ1) is 13.0. The Labute approximate surface area is 110 Å². The standard InChI is InChI=1S/C14H13FN2O2/c1-10-2-4-11(5-3-10)9-16-12-6-7-14(17(18)19)13(15)8-12/h2-8,16H,9H2,1H3. The number of nitrogens with one attached hydrogen (secondary N) is 1. The third-order valence-electron chi connectivity index (χ3n) is 2.76. The van der Waals surface area contributed by atoms with Crippen LogP contribution in [0.5, 0.6) is 0 Å².